The molecule has 5 nitrogen and oxygen atoms in total. The van der Waals surface area contributed by atoms with Gasteiger partial charge in [-0.3, -0.25) is 4.79 Å². The van der Waals surface area contributed by atoms with Crippen molar-refractivity contribution in [2.45, 2.75) is 38.8 Å². The zero-order valence-electron chi connectivity index (χ0n) is 10.8. The van der Waals surface area contributed by atoms with Crippen molar-refractivity contribution in [2.24, 2.45) is 5.73 Å². The molecular formula is C11H21N3O2Si. The maximum Gasteiger partial charge on any atom is 0.225 e. The monoisotopic (exact) mass is 255 g/mol. The van der Waals surface area contributed by atoms with Crippen LogP contribution in [0, 0.1) is 0 Å². The zero-order chi connectivity index (χ0) is 12.9. The van der Waals surface area contributed by atoms with Crippen molar-refractivity contribution in [1.29, 1.82) is 0 Å². The summed E-state index contributed by atoms with van der Waals surface area (Å²) in [6.07, 6.45) is 3.61. The Morgan fingerprint density at radius 1 is 1.53 bits per heavy atom. The number of nitrogens with zero attached hydrogens (tertiary/aromatic N) is 2. The van der Waals surface area contributed by atoms with Crippen LogP contribution in [0.1, 0.15) is 5.82 Å². The Labute approximate surface area is 103 Å². The Morgan fingerprint density at radius 3 is 2.82 bits per heavy atom. The van der Waals surface area contributed by atoms with E-state index in [0.29, 0.717) is 12.6 Å². The summed E-state index contributed by atoms with van der Waals surface area (Å²) < 4.78 is 7.40. The average molecular weight is 255 g/mol. The predicted octanol–water partition coefficient (Wildman–Crippen LogP) is 1.22. The third-order valence-corrected chi connectivity index (χ3v) is 4.06. The molecule has 1 aromatic heterocycles. The molecule has 17 heavy (non-hydrogen) atoms. The van der Waals surface area contributed by atoms with Crippen LogP contribution in [-0.4, -0.2) is 30.1 Å². The van der Waals surface area contributed by atoms with Crippen molar-refractivity contribution in [1.82, 2.24) is 9.55 Å². The number of primary amides is 1. The van der Waals surface area contributed by atoms with Crippen molar-refractivity contribution >= 4 is 14.0 Å². The molecule has 0 saturated carbocycles. The summed E-state index contributed by atoms with van der Waals surface area (Å²) in [5.41, 5.74) is 5.14. The highest BCUT2D eigenvalue weighted by Gasteiger charge is 2.12. The smallest absolute Gasteiger partial charge is 0.225 e. The van der Waals surface area contributed by atoms with E-state index in [1.807, 2.05) is 4.57 Å². The molecule has 0 atom stereocenters. The third-order valence-electron chi connectivity index (χ3n) is 2.36. The van der Waals surface area contributed by atoms with Crippen molar-refractivity contribution in [3.05, 3.63) is 18.2 Å². The minimum Gasteiger partial charge on any atom is -0.369 e. The summed E-state index contributed by atoms with van der Waals surface area (Å²) >= 11 is 0. The van der Waals surface area contributed by atoms with E-state index in [4.69, 9.17) is 10.5 Å². The molecule has 0 radical (unpaired) electrons. The Morgan fingerprint density at radius 2 is 2.24 bits per heavy atom. The summed E-state index contributed by atoms with van der Waals surface area (Å²) in [4.78, 5) is 14.9. The Bertz CT molecular complexity index is 371. The molecule has 2 N–H and O–H groups in total. The van der Waals surface area contributed by atoms with Crippen LogP contribution in [0.3, 0.4) is 0 Å². The minimum absolute atomic E-state index is 0.157. The van der Waals surface area contributed by atoms with Crippen LogP contribution >= 0.6 is 0 Å². The van der Waals surface area contributed by atoms with Gasteiger partial charge < -0.3 is 15.0 Å². The van der Waals surface area contributed by atoms with Crippen LogP contribution in [0.5, 0.6) is 0 Å². The number of carbonyl (C=O) groups is 1. The first-order chi connectivity index (χ1) is 7.88. The van der Waals surface area contributed by atoms with E-state index >= 15 is 0 Å². The molecule has 1 heterocycles. The van der Waals surface area contributed by atoms with Gasteiger partial charge in [-0.25, -0.2) is 4.98 Å². The molecule has 1 amide bonds. The molecule has 0 aromatic carbocycles. The van der Waals surface area contributed by atoms with Crippen molar-refractivity contribution in [2.75, 3.05) is 6.61 Å². The SMILES string of the molecule is C[Si](C)(C)CCOCn1ccnc1CC(N)=O. The first-order valence-corrected chi connectivity index (χ1v) is 9.45. The molecule has 0 unspecified atom stereocenters. The number of carbonyl (C=O) groups excluding carboxylic acids is 1. The van der Waals surface area contributed by atoms with Crippen LogP contribution < -0.4 is 5.73 Å². The van der Waals surface area contributed by atoms with Crippen LogP contribution in [0.2, 0.25) is 25.7 Å². The van der Waals surface area contributed by atoms with E-state index in [9.17, 15) is 4.79 Å². The highest BCUT2D eigenvalue weighted by molar-refractivity contribution is 6.76. The van der Waals surface area contributed by atoms with Gasteiger partial charge >= 0.3 is 0 Å². The van der Waals surface area contributed by atoms with Gasteiger partial charge in [-0.15, -0.1) is 0 Å². The first kappa shape index (κ1) is 13.9. The van der Waals surface area contributed by atoms with E-state index in [1.165, 1.54) is 0 Å². The lowest BCUT2D eigenvalue weighted by atomic mass is 10.4. The molecule has 1 aromatic rings. The Kier molecular flexibility index (Phi) is 4.89. The third kappa shape index (κ3) is 5.65. The number of imidazole rings is 1. The molecule has 0 bridgehead atoms. The van der Waals surface area contributed by atoms with Gasteiger partial charge in [0.2, 0.25) is 5.91 Å². The quantitative estimate of drug-likeness (QED) is 0.588. The number of ether oxygens (including phenoxy) is 1. The van der Waals surface area contributed by atoms with Gasteiger partial charge in [0.15, 0.2) is 0 Å². The molecule has 0 saturated heterocycles. The van der Waals surface area contributed by atoms with Gasteiger partial charge in [0, 0.05) is 27.1 Å². The maximum atomic E-state index is 10.8. The highest BCUT2D eigenvalue weighted by Crippen LogP contribution is 2.08. The van der Waals surface area contributed by atoms with E-state index in [0.717, 1.165) is 12.7 Å². The number of hydrogen-bond acceptors (Lipinski definition) is 3. The normalized spacial score (nSPS) is 11.7. The zero-order valence-corrected chi connectivity index (χ0v) is 11.8. The molecule has 96 valence electrons. The maximum absolute atomic E-state index is 10.8. The molecule has 1 rings (SSSR count). The topological polar surface area (TPSA) is 70.1 Å². The number of hydrogen-bond donors (Lipinski definition) is 1. The van der Waals surface area contributed by atoms with Crippen molar-refractivity contribution in [3.63, 3.8) is 0 Å². The first-order valence-electron chi connectivity index (χ1n) is 5.74. The van der Waals surface area contributed by atoms with Crippen LogP contribution in [0.4, 0.5) is 0 Å². The number of rotatable bonds is 7. The van der Waals surface area contributed by atoms with Gasteiger partial charge in [-0.2, -0.15) is 0 Å². The van der Waals surface area contributed by atoms with Crippen molar-refractivity contribution < 1.29 is 9.53 Å². The van der Waals surface area contributed by atoms with Crippen LogP contribution in [0.25, 0.3) is 0 Å². The predicted molar refractivity (Wildman–Crippen MR) is 69.2 cm³/mol. The van der Waals surface area contributed by atoms with Crippen molar-refractivity contribution in [3.8, 4) is 0 Å². The Hall–Kier alpha value is -1.14. The van der Waals surface area contributed by atoms with Gasteiger partial charge in [0.1, 0.15) is 12.6 Å². The minimum atomic E-state index is -1.04. The Balaban J connectivity index is 2.36. The van der Waals surface area contributed by atoms with Gasteiger partial charge in [0.05, 0.1) is 6.42 Å². The van der Waals surface area contributed by atoms with Gasteiger partial charge in [-0.1, -0.05) is 19.6 Å². The fraction of sp³-hybridized carbons (Fsp3) is 0.636. The molecule has 0 spiro atoms. The van der Waals surface area contributed by atoms with Crippen LogP contribution in [-0.2, 0) is 22.7 Å². The number of amides is 1. The molecule has 0 fully saturated rings. The summed E-state index contributed by atoms with van der Waals surface area (Å²) in [5.74, 6) is 0.282. The van der Waals surface area contributed by atoms with E-state index in [1.54, 1.807) is 12.4 Å². The number of nitrogens with two attached hydrogens (primary N) is 1. The van der Waals surface area contributed by atoms with E-state index in [2.05, 4.69) is 24.6 Å². The second-order valence-corrected chi connectivity index (χ2v) is 10.9. The molecule has 0 aliphatic carbocycles. The lowest BCUT2D eigenvalue weighted by Crippen LogP contribution is -2.22. The fourth-order valence-electron chi connectivity index (χ4n) is 1.32. The summed E-state index contributed by atoms with van der Waals surface area (Å²) in [5, 5.41) is 0. The number of aromatic nitrogens is 2. The molecule has 0 aliphatic rings. The summed E-state index contributed by atoms with van der Waals surface area (Å²) in [7, 11) is -1.04. The second-order valence-electron chi connectivity index (χ2n) is 5.30. The van der Waals surface area contributed by atoms with E-state index in [-0.39, 0.29) is 12.3 Å². The van der Waals surface area contributed by atoms with Gasteiger partial charge in [0.25, 0.3) is 0 Å². The van der Waals surface area contributed by atoms with Crippen LogP contribution in [0.15, 0.2) is 12.4 Å². The molecule has 0 aliphatic heterocycles. The fourth-order valence-corrected chi connectivity index (χ4v) is 2.08. The standard InChI is InChI=1S/C11H21N3O2Si/c1-17(2,3)7-6-16-9-14-5-4-13-11(14)8-10(12)15/h4-5H,6-9H2,1-3H3,(H2,12,15). The van der Waals surface area contributed by atoms with E-state index < -0.39 is 8.07 Å². The lowest BCUT2D eigenvalue weighted by Gasteiger charge is -2.15. The highest BCUT2D eigenvalue weighted by atomic mass is 28.3. The average Bonchev–Trinajstić information content (AvgIpc) is 2.58. The summed E-state index contributed by atoms with van der Waals surface area (Å²) in [6, 6.07) is 1.13. The largest absolute Gasteiger partial charge is 0.369 e. The second kappa shape index (κ2) is 5.97. The lowest BCUT2D eigenvalue weighted by molar-refractivity contribution is -0.117. The van der Waals surface area contributed by atoms with Gasteiger partial charge in [-0.05, 0) is 6.04 Å². The summed E-state index contributed by atoms with van der Waals surface area (Å²) in [6.45, 7) is 8.13. The molecular weight excluding hydrogens is 234 g/mol. The molecule has 6 heteroatoms.